The average molecular weight is 274 g/mol. The molecule has 0 aliphatic carbocycles. The minimum absolute atomic E-state index is 0.102. The Balaban J connectivity index is 2.25. The first-order valence-corrected chi connectivity index (χ1v) is 7.44. The summed E-state index contributed by atoms with van der Waals surface area (Å²) < 4.78 is 5.23. The van der Waals surface area contributed by atoms with E-state index in [9.17, 15) is 0 Å². The molecule has 0 aromatic heterocycles. The van der Waals surface area contributed by atoms with Gasteiger partial charge in [-0.3, -0.25) is 0 Å². The number of nitriles is 1. The number of rotatable bonds is 9. The summed E-state index contributed by atoms with van der Waals surface area (Å²) in [5, 5.41) is 12.0. The smallest absolute Gasteiger partial charge is 0.174 e. The average Bonchev–Trinajstić information content (AvgIpc) is 2.43. The molecule has 1 N–H and O–H groups in total. The molecule has 1 aromatic carbocycles. The van der Waals surface area contributed by atoms with Crippen LogP contribution in [0.25, 0.3) is 0 Å². The second kappa shape index (κ2) is 9.39. The highest BCUT2D eigenvalue weighted by Gasteiger charge is 2.03. The second-order valence-electron chi connectivity index (χ2n) is 5.70. The van der Waals surface area contributed by atoms with Gasteiger partial charge in [-0.25, -0.2) is 0 Å². The second-order valence-corrected chi connectivity index (χ2v) is 5.70. The van der Waals surface area contributed by atoms with Crippen molar-refractivity contribution < 1.29 is 4.74 Å². The highest BCUT2D eigenvalue weighted by Crippen LogP contribution is 2.13. The minimum atomic E-state index is 0.102. The summed E-state index contributed by atoms with van der Waals surface area (Å²) >= 11 is 0. The van der Waals surface area contributed by atoms with Gasteiger partial charge in [0.25, 0.3) is 0 Å². The zero-order valence-corrected chi connectivity index (χ0v) is 12.9. The Hall–Kier alpha value is -1.53. The van der Waals surface area contributed by atoms with E-state index < -0.39 is 0 Å². The fraction of sp³-hybridized carbons (Fsp3) is 0.588. The topological polar surface area (TPSA) is 45.0 Å². The van der Waals surface area contributed by atoms with Crippen molar-refractivity contribution in [3.8, 4) is 11.8 Å². The van der Waals surface area contributed by atoms with Gasteiger partial charge in [-0.1, -0.05) is 38.8 Å². The van der Waals surface area contributed by atoms with Gasteiger partial charge >= 0.3 is 0 Å². The standard InChI is InChI=1S/C17H26N2O/c1-14(2)5-4-6-15(3)19-13-16-7-9-17(10-8-16)20-12-11-18/h7-10,14-15,19H,4-6,12-13H2,1-3H3. The molecule has 0 bridgehead atoms. The number of nitrogens with zero attached hydrogens (tertiary/aromatic N) is 1. The van der Waals surface area contributed by atoms with Crippen molar-refractivity contribution in [2.45, 2.75) is 52.6 Å². The zero-order chi connectivity index (χ0) is 14.8. The molecule has 110 valence electrons. The molecule has 0 amide bonds. The Morgan fingerprint density at radius 2 is 1.85 bits per heavy atom. The van der Waals surface area contributed by atoms with Crippen LogP contribution >= 0.6 is 0 Å². The third kappa shape index (κ3) is 7.16. The van der Waals surface area contributed by atoms with Crippen molar-refractivity contribution >= 4 is 0 Å². The lowest BCUT2D eigenvalue weighted by Gasteiger charge is -2.14. The van der Waals surface area contributed by atoms with Crippen LogP contribution in [0.2, 0.25) is 0 Å². The third-order valence-electron chi connectivity index (χ3n) is 3.30. The normalized spacial score (nSPS) is 12.2. The fourth-order valence-corrected chi connectivity index (χ4v) is 2.05. The molecule has 1 unspecified atom stereocenters. The predicted molar refractivity (Wildman–Crippen MR) is 82.5 cm³/mol. The van der Waals surface area contributed by atoms with Crippen LogP contribution in [-0.4, -0.2) is 12.6 Å². The number of nitrogens with one attached hydrogen (secondary N) is 1. The summed E-state index contributed by atoms with van der Waals surface area (Å²) in [6, 6.07) is 10.4. The first kappa shape index (κ1) is 16.5. The van der Waals surface area contributed by atoms with Crippen LogP contribution < -0.4 is 10.1 Å². The molecule has 0 saturated heterocycles. The van der Waals surface area contributed by atoms with E-state index in [4.69, 9.17) is 10.00 Å². The lowest BCUT2D eigenvalue weighted by molar-refractivity contribution is 0.368. The monoisotopic (exact) mass is 274 g/mol. The SMILES string of the molecule is CC(C)CCCC(C)NCc1ccc(OCC#N)cc1. The molecule has 0 aliphatic rings. The predicted octanol–water partition coefficient (Wildman–Crippen LogP) is 3.89. The van der Waals surface area contributed by atoms with Gasteiger partial charge in [0.15, 0.2) is 6.61 Å². The van der Waals surface area contributed by atoms with Gasteiger partial charge < -0.3 is 10.1 Å². The van der Waals surface area contributed by atoms with Crippen molar-refractivity contribution in [2.24, 2.45) is 5.92 Å². The van der Waals surface area contributed by atoms with Crippen LogP contribution in [0.5, 0.6) is 5.75 Å². The zero-order valence-electron chi connectivity index (χ0n) is 12.9. The maximum Gasteiger partial charge on any atom is 0.174 e. The van der Waals surface area contributed by atoms with E-state index in [0.717, 1.165) is 18.2 Å². The molecule has 3 heteroatoms. The fourth-order valence-electron chi connectivity index (χ4n) is 2.05. The molecule has 0 aliphatic heterocycles. The molecule has 0 radical (unpaired) electrons. The number of benzene rings is 1. The van der Waals surface area contributed by atoms with Crippen molar-refractivity contribution in [3.05, 3.63) is 29.8 Å². The van der Waals surface area contributed by atoms with Crippen molar-refractivity contribution in [1.29, 1.82) is 5.26 Å². The van der Waals surface area contributed by atoms with E-state index in [0.29, 0.717) is 6.04 Å². The van der Waals surface area contributed by atoms with Gasteiger partial charge in [0.2, 0.25) is 0 Å². The summed E-state index contributed by atoms with van der Waals surface area (Å²) in [5.41, 5.74) is 1.24. The molecule has 0 fully saturated rings. The van der Waals surface area contributed by atoms with Crippen molar-refractivity contribution in [2.75, 3.05) is 6.61 Å². The molecular weight excluding hydrogens is 248 g/mol. The van der Waals surface area contributed by atoms with Crippen molar-refractivity contribution in [3.63, 3.8) is 0 Å². The summed E-state index contributed by atoms with van der Waals surface area (Å²) in [7, 11) is 0. The van der Waals surface area contributed by atoms with Crippen LogP contribution in [-0.2, 0) is 6.54 Å². The molecule has 20 heavy (non-hydrogen) atoms. The molecule has 1 rings (SSSR count). The van der Waals surface area contributed by atoms with Gasteiger partial charge in [-0.05, 0) is 37.0 Å². The summed E-state index contributed by atoms with van der Waals surface area (Å²) in [5.74, 6) is 1.54. The van der Waals surface area contributed by atoms with Gasteiger partial charge in [0, 0.05) is 12.6 Å². The highest BCUT2D eigenvalue weighted by molar-refractivity contribution is 5.27. The van der Waals surface area contributed by atoms with Crippen LogP contribution in [0, 0.1) is 17.2 Å². The van der Waals surface area contributed by atoms with Crippen LogP contribution in [0.15, 0.2) is 24.3 Å². The Morgan fingerprint density at radius 3 is 2.45 bits per heavy atom. The molecule has 0 saturated carbocycles. The lowest BCUT2D eigenvalue weighted by atomic mass is 10.0. The largest absolute Gasteiger partial charge is 0.479 e. The quantitative estimate of drug-likeness (QED) is 0.743. The Morgan fingerprint density at radius 1 is 1.15 bits per heavy atom. The van der Waals surface area contributed by atoms with E-state index in [1.807, 2.05) is 30.3 Å². The van der Waals surface area contributed by atoms with Crippen molar-refractivity contribution in [1.82, 2.24) is 5.32 Å². The summed E-state index contributed by atoms with van der Waals surface area (Å²) in [6.07, 6.45) is 3.81. The minimum Gasteiger partial charge on any atom is -0.479 e. The Kier molecular flexibility index (Phi) is 7.75. The number of ether oxygens (including phenoxy) is 1. The van der Waals surface area contributed by atoms with Crippen LogP contribution in [0.3, 0.4) is 0 Å². The van der Waals surface area contributed by atoms with Gasteiger partial charge in [0.05, 0.1) is 0 Å². The van der Waals surface area contributed by atoms with E-state index in [1.165, 1.54) is 24.8 Å². The van der Waals surface area contributed by atoms with Gasteiger partial charge in [0.1, 0.15) is 11.8 Å². The molecule has 0 spiro atoms. The van der Waals surface area contributed by atoms with Gasteiger partial charge in [-0.15, -0.1) is 0 Å². The summed E-state index contributed by atoms with van der Waals surface area (Å²) in [4.78, 5) is 0. The van der Waals surface area contributed by atoms with Crippen LogP contribution in [0.4, 0.5) is 0 Å². The number of hydrogen-bond acceptors (Lipinski definition) is 3. The van der Waals surface area contributed by atoms with E-state index in [1.54, 1.807) is 0 Å². The molecule has 3 nitrogen and oxygen atoms in total. The summed E-state index contributed by atoms with van der Waals surface area (Å²) in [6.45, 7) is 7.76. The maximum absolute atomic E-state index is 8.45. The van der Waals surface area contributed by atoms with Crippen LogP contribution in [0.1, 0.15) is 45.6 Å². The molecule has 0 heterocycles. The Bertz CT molecular complexity index is 406. The highest BCUT2D eigenvalue weighted by atomic mass is 16.5. The first-order chi connectivity index (χ1) is 9.61. The maximum atomic E-state index is 8.45. The first-order valence-electron chi connectivity index (χ1n) is 7.44. The molecule has 1 aromatic rings. The Labute approximate surface area is 123 Å². The molecular formula is C17H26N2O. The van der Waals surface area contributed by atoms with E-state index in [2.05, 4.69) is 26.1 Å². The van der Waals surface area contributed by atoms with E-state index >= 15 is 0 Å². The van der Waals surface area contributed by atoms with E-state index in [-0.39, 0.29) is 6.61 Å². The molecule has 1 atom stereocenters. The number of hydrogen-bond donors (Lipinski definition) is 1. The lowest BCUT2D eigenvalue weighted by Crippen LogP contribution is -2.25. The van der Waals surface area contributed by atoms with Gasteiger partial charge in [-0.2, -0.15) is 5.26 Å². The third-order valence-corrected chi connectivity index (χ3v) is 3.30.